The number of carboxylic acids is 1. The minimum absolute atomic E-state index is 0.216. The molecule has 0 atom stereocenters. The Balaban J connectivity index is 1.71. The number of carboxylic acid groups (broad SMARTS) is 1. The van der Waals surface area contributed by atoms with Crippen LogP contribution in [0.25, 0.3) is 0 Å². The molecule has 0 aromatic heterocycles. The van der Waals surface area contributed by atoms with Gasteiger partial charge in [0.15, 0.2) is 0 Å². The quantitative estimate of drug-likeness (QED) is 0.730. The molecule has 2 rings (SSSR count). The number of carbonyl (C=O) groups is 2. The van der Waals surface area contributed by atoms with Gasteiger partial charge < -0.3 is 15.7 Å². The van der Waals surface area contributed by atoms with Crippen molar-refractivity contribution >= 4 is 12.0 Å². The number of nitrogens with one attached hydrogen (secondary N) is 2. The van der Waals surface area contributed by atoms with Crippen LogP contribution < -0.4 is 10.6 Å². The summed E-state index contributed by atoms with van der Waals surface area (Å²) in [5.74, 6) is -0.0306. The highest BCUT2D eigenvalue weighted by Gasteiger charge is 2.44. The second-order valence-electron chi connectivity index (χ2n) is 6.22. The Morgan fingerprint density at radius 2 is 1.84 bits per heavy atom. The van der Waals surface area contributed by atoms with Crippen molar-refractivity contribution in [2.24, 2.45) is 11.3 Å². The van der Waals surface area contributed by atoms with Gasteiger partial charge in [0, 0.05) is 12.6 Å². The molecule has 0 aromatic rings. The third kappa shape index (κ3) is 3.39. The molecule has 0 radical (unpaired) electrons. The van der Waals surface area contributed by atoms with Crippen molar-refractivity contribution in [3.63, 3.8) is 0 Å². The van der Waals surface area contributed by atoms with Crippen LogP contribution in [0.5, 0.6) is 0 Å². The van der Waals surface area contributed by atoms with Crippen LogP contribution in [0.2, 0.25) is 0 Å². The van der Waals surface area contributed by atoms with E-state index in [9.17, 15) is 14.7 Å². The molecule has 2 aliphatic rings. The zero-order valence-corrected chi connectivity index (χ0v) is 11.6. The molecule has 2 aliphatic carbocycles. The monoisotopic (exact) mass is 268 g/mol. The van der Waals surface area contributed by atoms with E-state index >= 15 is 0 Å². The molecule has 5 heteroatoms. The van der Waals surface area contributed by atoms with Gasteiger partial charge in [-0.05, 0) is 44.4 Å². The number of carbonyl (C=O) groups excluding carboxylic acids is 1. The van der Waals surface area contributed by atoms with E-state index in [1.54, 1.807) is 0 Å². The van der Waals surface area contributed by atoms with Crippen LogP contribution in [-0.4, -0.2) is 29.7 Å². The summed E-state index contributed by atoms with van der Waals surface area (Å²) >= 11 is 0. The van der Waals surface area contributed by atoms with E-state index in [2.05, 4.69) is 17.6 Å². The molecule has 0 saturated heterocycles. The van der Waals surface area contributed by atoms with Crippen LogP contribution in [0.1, 0.15) is 51.9 Å². The Morgan fingerprint density at radius 1 is 1.21 bits per heavy atom. The molecule has 3 N–H and O–H groups in total. The van der Waals surface area contributed by atoms with Crippen molar-refractivity contribution in [3.8, 4) is 0 Å². The predicted octanol–water partition coefficient (Wildman–Crippen LogP) is 2.12. The first kappa shape index (κ1) is 14.2. The van der Waals surface area contributed by atoms with Crippen LogP contribution in [0.3, 0.4) is 0 Å². The van der Waals surface area contributed by atoms with Gasteiger partial charge in [-0.2, -0.15) is 0 Å². The summed E-state index contributed by atoms with van der Waals surface area (Å²) in [6, 6.07) is 0.0328. The molecule has 19 heavy (non-hydrogen) atoms. The fourth-order valence-corrected chi connectivity index (χ4v) is 2.96. The first-order valence-electron chi connectivity index (χ1n) is 7.30. The fourth-order valence-electron chi connectivity index (χ4n) is 2.96. The maximum absolute atomic E-state index is 11.8. The first-order valence-corrected chi connectivity index (χ1v) is 7.30. The molecule has 2 fully saturated rings. The molecule has 0 unspecified atom stereocenters. The number of amides is 2. The van der Waals surface area contributed by atoms with Crippen molar-refractivity contribution in [1.82, 2.24) is 10.6 Å². The van der Waals surface area contributed by atoms with Gasteiger partial charge in [-0.15, -0.1) is 0 Å². The standard InChI is InChI=1S/C14H24N2O3/c1-10-3-5-11(6-4-10)16-13(19)15-9-14(12(17)18)7-2-8-14/h10-11H,2-9H2,1H3,(H,17,18)(H2,15,16,19). The average molecular weight is 268 g/mol. The van der Waals surface area contributed by atoms with Gasteiger partial charge >= 0.3 is 12.0 Å². The first-order chi connectivity index (χ1) is 9.02. The molecule has 2 amide bonds. The third-order valence-electron chi connectivity index (χ3n) is 4.70. The minimum Gasteiger partial charge on any atom is -0.481 e. The van der Waals surface area contributed by atoms with Crippen LogP contribution in [0, 0.1) is 11.3 Å². The van der Waals surface area contributed by atoms with E-state index in [0.29, 0.717) is 12.8 Å². The number of hydrogen-bond donors (Lipinski definition) is 3. The van der Waals surface area contributed by atoms with E-state index in [4.69, 9.17) is 0 Å². The Bertz CT molecular complexity index is 345. The summed E-state index contributed by atoms with van der Waals surface area (Å²) in [4.78, 5) is 23.0. The van der Waals surface area contributed by atoms with Crippen LogP contribution in [0.15, 0.2) is 0 Å². The second kappa shape index (κ2) is 5.80. The molecule has 5 nitrogen and oxygen atoms in total. The number of rotatable bonds is 4. The molecular weight excluding hydrogens is 244 g/mol. The maximum atomic E-state index is 11.8. The Labute approximate surface area is 114 Å². The smallest absolute Gasteiger partial charge is 0.315 e. The summed E-state index contributed by atoms with van der Waals surface area (Å²) in [5, 5.41) is 14.9. The van der Waals surface area contributed by atoms with Crippen molar-refractivity contribution in [2.45, 2.75) is 57.9 Å². The lowest BCUT2D eigenvalue weighted by atomic mass is 9.69. The van der Waals surface area contributed by atoms with Crippen LogP contribution in [0.4, 0.5) is 4.79 Å². The molecule has 108 valence electrons. The highest BCUT2D eigenvalue weighted by atomic mass is 16.4. The zero-order valence-electron chi connectivity index (χ0n) is 11.6. The van der Waals surface area contributed by atoms with E-state index in [1.807, 2.05) is 0 Å². The molecule has 0 aliphatic heterocycles. The summed E-state index contributed by atoms with van der Waals surface area (Å²) in [7, 11) is 0. The lowest BCUT2D eigenvalue weighted by molar-refractivity contribution is -0.153. The van der Waals surface area contributed by atoms with Gasteiger partial charge in [0.25, 0.3) is 0 Å². The average Bonchev–Trinajstić information content (AvgIpc) is 2.30. The van der Waals surface area contributed by atoms with E-state index < -0.39 is 11.4 Å². The van der Waals surface area contributed by atoms with Crippen LogP contribution in [-0.2, 0) is 4.79 Å². The molecule has 0 aromatic carbocycles. The number of aliphatic carboxylic acids is 1. The van der Waals surface area contributed by atoms with Crippen molar-refractivity contribution in [3.05, 3.63) is 0 Å². The number of hydrogen-bond acceptors (Lipinski definition) is 2. The lowest BCUT2D eigenvalue weighted by Gasteiger charge is -2.37. The molecule has 0 spiro atoms. The Morgan fingerprint density at radius 3 is 2.32 bits per heavy atom. The van der Waals surface area contributed by atoms with E-state index in [0.717, 1.165) is 38.0 Å². The van der Waals surface area contributed by atoms with Gasteiger partial charge in [-0.25, -0.2) is 4.79 Å². The summed E-state index contributed by atoms with van der Waals surface area (Å²) in [6.45, 7) is 2.49. The molecule has 0 heterocycles. The minimum atomic E-state index is -0.787. The predicted molar refractivity (Wildman–Crippen MR) is 71.9 cm³/mol. The van der Waals surface area contributed by atoms with Crippen molar-refractivity contribution in [1.29, 1.82) is 0 Å². The van der Waals surface area contributed by atoms with Crippen molar-refractivity contribution < 1.29 is 14.7 Å². The summed E-state index contributed by atoms with van der Waals surface area (Å²) < 4.78 is 0. The van der Waals surface area contributed by atoms with Gasteiger partial charge in [0.1, 0.15) is 0 Å². The third-order valence-corrected chi connectivity index (χ3v) is 4.70. The molecule has 0 bridgehead atoms. The van der Waals surface area contributed by atoms with Gasteiger partial charge in [-0.1, -0.05) is 13.3 Å². The van der Waals surface area contributed by atoms with E-state index in [-0.39, 0.29) is 18.6 Å². The molecule has 2 saturated carbocycles. The number of urea groups is 1. The Kier molecular flexibility index (Phi) is 4.32. The fraction of sp³-hybridized carbons (Fsp3) is 0.857. The lowest BCUT2D eigenvalue weighted by Crippen LogP contribution is -2.51. The zero-order chi connectivity index (χ0) is 13.9. The van der Waals surface area contributed by atoms with E-state index in [1.165, 1.54) is 0 Å². The van der Waals surface area contributed by atoms with Gasteiger partial charge in [-0.3, -0.25) is 4.79 Å². The largest absolute Gasteiger partial charge is 0.481 e. The highest BCUT2D eigenvalue weighted by molar-refractivity contribution is 5.79. The maximum Gasteiger partial charge on any atom is 0.315 e. The van der Waals surface area contributed by atoms with Gasteiger partial charge in [0.2, 0.25) is 0 Å². The topological polar surface area (TPSA) is 78.4 Å². The SMILES string of the molecule is CC1CCC(NC(=O)NCC2(C(=O)O)CCC2)CC1. The highest BCUT2D eigenvalue weighted by Crippen LogP contribution is 2.40. The second-order valence-corrected chi connectivity index (χ2v) is 6.22. The van der Waals surface area contributed by atoms with Gasteiger partial charge in [0.05, 0.1) is 5.41 Å². The summed E-state index contributed by atoms with van der Waals surface area (Å²) in [6.07, 6.45) is 6.65. The van der Waals surface area contributed by atoms with Crippen molar-refractivity contribution in [2.75, 3.05) is 6.54 Å². The van der Waals surface area contributed by atoms with Crippen LogP contribution >= 0.6 is 0 Å². The molecular formula is C14H24N2O3. The summed E-state index contributed by atoms with van der Waals surface area (Å²) in [5.41, 5.74) is -0.710. The normalized spacial score (nSPS) is 29.1. The Hall–Kier alpha value is -1.26.